The van der Waals surface area contributed by atoms with Gasteiger partial charge in [0.25, 0.3) is 0 Å². The van der Waals surface area contributed by atoms with E-state index in [1.807, 2.05) is 31.2 Å². The van der Waals surface area contributed by atoms with Crippen molar-refractivity contribution < 1.29 is 38.1 Å². The zero-order chi connectivity index (χ0) is 25.9. The van der Waals surface area contributed by atoms with E-state index in [4.69, 9.17) is 23.7 Å². The predicted molar refractivity (Wildman–Crippen MR) is 134 cm³/mol. The van der Waals surface area contributed by atoms with Gasteiger partial charge >= 0.3 is 11.9 Å². The van der Waals surface area contributed by atoms with Gasteiger partial charge in [0, 0.05) is 24.3 Å². The normalized spacial score (nSPS) is 21.8. The molecule has 1 unspecified atom stereocenters. The molecule has 0 spiro atoms. The van der Waals surface area contributed by atoms with Crippen LogP contribution in [0.15, 0.2) is 30.3 Å². The monoisotopic (exact) mass is 506 g/mol. The lowest BCUT2D eigenvalue weighted by Crippen LogP contribution is -2.24. The van der Waals surface area contributed by atoms with E-state index in [0.29, 0.717) is 71.8 Å². The molecule has 2 aromatic carbocycles. The number of carbonyl (C=O) groups is 3. The van der Waals surface area contributed by atoms with Crippen LogP contribution >= 0.6 is 0 Å². The molecule has 8 nitrogen and oxygen atoms in total. The molecular weight excluding hydrogens is 476 g/mol. The first kappa shape index (κ1) is 24.9. The number of hydrogen-bond donors (Lipinski definition) is 0. The fraction of sp³-hybridized carbons (Fsp3) is 0.414. The van der Waals surface area contributed by atoms with Crippen LogP contribution in [0.3, 0.4) is 0 Å². The van der Waals surface area contributed by atoms with E-state index in [1.165, 1.54) is 7.11 Å². The summed E-state index contributed by atoms with van der Waals surface area (Å²) in [6.45, 7) is 1.97. The van der Waals surface area contributed by atoms with Crippen molar-refractivity contribution in [2.75, 3.05) is 13.9 Å². The third-order valence-electron chi connectivity index (χ3n) is 6.96. The van der Waals surface area contributed by atoms with E-state index in [-0.39, 0.29) is 31.1 Å². The zero-order valence-corrected chi connectivity index (χ0v) is 21.0. The van der Waals surface area contributed by atoms with Gasteiger partial charge in [0.05, 0.1) is 19.6 Å². The molecule has 2 aromatic rings. The molecule has 37 heavy (non-hydrogen) atoms. The highest BCUT2D eigenvalue weighted by Gasteiger charge is 2.36. The van der Waals surface area contributed by atoms with Crippen LogP contribution in [0.5, 0.6) is 23.0 Å². The number of fused-ring (bicyclic) bond motifs is 3. The Morgan fingerprint density at radius 1 is 0.973 bits per heavy atom. The quantitative estimate of drug-likeness (QED) is 0.397. The highest BCUT2D eigenvalue weighted by molar-refractivity contribution is 5.99. The number of carbonyl (C=O) groups excluding carboxylic acids is 3. The highest BCUT2D eigenvalue weighted by atomic mass is 16.7. The van der Waals surface area contributed by atoms with E-state index in [2.05, 4.69) is 0 Å². The van der Waals surface area contributed by atoms with Gasteiger partial charge < -0.3 is 23.7 Å². The van der Waals surface area contributed by atoms with Gasteiger partial charge in [-0.25, -0.2) is 4.79 Å². The number of allylic oxidation sites excluding steroid dienone is 1. The Labute approximate surface area is 215 Å². The molecule has 5 rings (SSSR count). The van der Waals surface area contributed by atoms with E-state index < -0.39 is 11.9 Å². The second-order valence-electron chi connectivity index (χ2n) is 9.57. The van der Waals surface area contributed by atoms with Crippen LogP contribution < -0.4 is 18.9 Å². The van der Waals surface area contributed by atoms with Gasteiger partial charge in [-0.2, -0.15) is 0 Å². The van der Waals surface area contributed by atoms with Gasteiger partial charge in [-0.1, -0.05) is 18.2 Å². The zero-order valence-electron chi connectivity index (χ0n) is 21.0. The van der Waals surface area contributed by atoms with Crippen molar-refractivity contribution in [2.45, 2.75) is 63.9 Å². The molecule has 8 heteroatoms. The number of benzene rings is 2. The molecule has 3 heterocycles. The summed E-state index contributed by atoms with van der Waals surface area (Å²) in [4.78, 5) is 38.3. The lowest BCUT2D eigenvalue weighted by atomic mass is 9.83. The molecule has 194 valence electrons. The van der Waals surface area contributed by atoms with Crippen molar-refractivity contribution in [3.63, 3.8) is 0 Å². The molecule has 3 aliphatic rings. The SMILES string of the molecule is COc1c2c(cc3c1C(c1ccc4c(c1)OCO4)CC(=O)O3)C=CCCCC(=O)CCC[C@H](C)OC2=O. The topological polar surface area (TPSA) is 97.4 Å². The summed E-state index contributed by atoms with van der Waals surface area (Å²) in [6, 6.07) is 7.24. The molecule has 0 fully saturated rings. The van der Waals surface area contributed by atoms with Crippen molar-refractivity contribution in [3.8, 4) is 23.0 Å². The van der Waals surface area contributed by atoms with E-state index in [9.17, 15) is 14.4 Å². The number of ketones is 1. The Balaban J connectivity index is 1.62. The van der Waals surface area contributed by atoms with Crippen molar-refractivity contribution in [3.05, 3.63) is 52.6 Å². The Hall–Kier alpha value is -3.81. The summed E-state index contributed by atoms with van der Waals surface area (Å²) in [5.74, 6) is 0.824. The molecule has 0 N–H and O–H groups in total. The van der Waals surface area contributed by atoms with Crippen molar-refractivity contribution in [1.82, 2.24) is 0 Å². The number of Topliss-reactive ketones (excluding diaryl/α,β-unsaturated/α-hetero) is 1. The Kier molecular flexibility index (Phi) is 7.17. The van der Waals surface area contributed by atoms with Crippen LogP contribution in [0.1, 0.15) is 84.8 Å². The fourth-order valence-corrected chi connectivity index (χ4v) is 5.12. The minimum Gasteiger partial charge on any atom is -0.495 e. The van der Waals surface area contributed by atoms with Crippen LogP contribution in [0.25, 0.3) is 6.08 Å². The van der Waals surface area contributed by atoms with E-state index in [0.717, 1.165) is 12.0 Å². The number of rotatable bonds is 2. The molecule has 0 saturated carbocycles. The first-order valence-corrected chi connectivity index (χ1v) is 12.7. The summed E-state index contributed by atoms with van der Waals surface area (Å²) in [7, 11) is 1.50. The summed E-state index contributed by atoms with van der Waals surface area (Å²) >= 11 is 0. The minimum absolute atomic E-state index is 0.0805. The first-order valence-electron chi connectivity index (χ1n) is 12.7. The van der Waals surface area contributed by atoms with Gasteiger partial charge in [-0.3, -0.25) is 9.59 Å². The second kappa shape index (κ2) is 10.7. The maximum Gasteiger partial charge on any atom is 0.342 e. The number of ether oxygens (including phenoxy) is 5. The first-order chi connectivity index (χ1) is 17.9. The number of methoxy groups -OCH3 is 1. The lowest BCUT2D eigenvalue weighted by molar-refractivity contribution is -0.135. The molecule has 3 aliphatic heterocycles. The van der Waals surface area contributed by atoms with Crippen LogP contribution in [0.4, 0.5) is 0 Å². The lowest BCUT2D eigenvalue weighted by Gasteiger charge is -2.29. The van der Waals surface area contributed by atoms with Crippen molar-refractivity contribution >= 4 is 23.8 Å². The summed E-state index contributed by atoms with van der Waals surface area (Å²) in [5, 5.41) is 0. The average molecular weight is 507 g/mol. The Bertz CT molecular complexity index is 1260. The summed E-state index contributed by atoms with van der Waals surface area (Å²) < 4.78 is 28.3. The number of esters is 2. The largest absolute Gasteiger partial charge is 0.495 e. The second-order valence-corrected chi connectivity index (χ2v) is 9.57. The van der Waals surface area contributed by atoms with Crippen LogP contribution in [0.2, 0.25) is 0 Å². The third-order valence-corrected chi connectivity index (χ3v) is 6.96. The molecule has 0 aromatic heterocycles. The maximum atomic E-state index is 13.5. The Morgan fingerprint density at radius 2 is 1.78 bits per heavy atom. The summed E-state index contributed by atoms with van der Waals surface area (Å²) in [5.41, 5.74) is 2.27. The molecule has 0 saturated heterocycles. The van der Waals surface area contributed by atoms with Gasteiger partial charge in [-0.05, 0) is 61.9 Å². The minimum atomic E-state index is -0.517. The van der Waals surface area contributed by atoms with Crippen molar-refractivity contribution in [1.29, 1.82) is 0 Å². The average Bonchev–Trinajstić information content (AvgIpc) is 3.34. The Morgan fingerprint density at radius 3 is 2.62 bits per heavy atom. The highest BCUT2D eigenvalue weighted by Crippen LogP contribution is 2.49. The number of hydrogen-bond acceptors (Lipinski definition) is 8. The summed E-state index contributed by atoms with van der Waals surface area (Å²) in [6.07, 6.45) is 7.10. The standard InChI is InChI=1S/C29H30O8/c1-17-7-6-10-20(30)9-5-3-4-8-19-14-24-27(28(33-2)26(19)29(32)36-17)21(15-25(31)37-24)18-11-12-22-23(13-18)35-16-34-22/h4,8,11-14,17,21H,3,5-7,9-10,15-16H2,1-2H3/t17-,21?/m0/s1. The smallest absolute Gasteiger partial charge is 0.342 e. The molecule has 0 aliphatic carbocycles. The molecule has 0 bridgehead atoms. The fourth-order valence-electron chi connectivity index (χ4n) is 5.12. The van der Waals surface area contributed by atoms with Gasteiger partial charge in [0.15, 0.2) is 11.5 Å². The number of cyclic esters (lactones) is 1. The predicted octanol–water partition coefficient (Wildman–Crippen LogP) is 5.35. The van der Waals surface area contributed by atoms with E-state index >= 15 is 0 Å². The molecule has 0 amide bonds. The molecule has 2 atom stereocenters. The third kappa shape index (κ3) is 5.19. The molecule has 0 radical (unpaired) electrons. The van der Waals surface area contributed by atoms with Crippen LogP contribution in [0, 0.1) is 0 Å². The van der Waals surface area contributed by atoms with Crippen LogP contribution in [-0.4, -0.2) is 37.7 Å². The van der Waals surface area contributed by atoms with Gasteiger partial charge in [0.2, 0.25) is 6.79 Å². The van der Waals surface area contributed by atoms with E-state index in [1.54, 1.807) is 12.1 Å². The van der Waals surface area contributed by atoms with Crippen LogP contribution in [-0.2, 0) is 14.3 Å². The van der Waals surface area contributed by atoms with Gasteiger partial charge in [-0.15, -0.1) is 0 Å². The van der Waals surface area contributed by atoms with Crippen molar-refractivity contribution in [2.24, 2.45) is 0 Å². The maximum absolute atomic E-state index is 13.5. The molecular formula is C29H30O8. The van der Waals surface area contributed by atoms with Gasteiger partial charge in [0.1, 0.15) is 22.8 Å².